The minimum Gasteiger partial charge on any atom is -0.361 e. The first-order valence-corrected chi connectivity index (χ1v) is 4.56. The first-order valence-electron chi connectivity index (χ1n) is 4.56. The van der Waals surface area contributed by atoms with Crippen LogP contribution >= 0.6 is 0 Å². The highest BCUT2D eigenvalue weighted by molar-refractivity contribution is 5.75. The van der Waals surface area contributed by atoms with Crippen molar-refractivity contribution in [1.82, 2.24) is 15.8 Å². The van der Waals surface area contributed by atoms with Crippen molar-refractivity contribution >= 4 is 5.91 Å². The molecule has 0 fully saturated rings. The molecule has 1 amide bonds. The molecule has 0 unspecified atom stereocenters. The Balaban J connectivity index is 2.23. The largest absolute Gasteiger partial charge is 0.361 e. The molecule has 1 aromatic heterocycles. The highest BCUT2D eigenvalue weighted by atomic mass is 16.5. The summed E-state index contributed by atoms with van der Waals surface area (Å²) in [6, 6.07) is 1.80. The SMILES string of the molecule is CNCCC(=O)NCc1cc(C)on1. The van der Waals surface area contributed by atoms with E-state index in [4.69, 9.17) is 4.52 Å². The third-order valence-corrected chi connectivity index (χ3v) is 1.75. The summed E-state index contributed by atoms with van der Waals surface area (Å²) in [4.78, 5) is 11.2. The normalized spacial score (nSPS) is 10.1. The lowest BCUT2D eigenvalue weighted by Gasteiger charge is -2.01. The molecule has 1 rings (SSSR count). The Labute approximate surface area is 82.8 Å². The number of carbonyl (C=O) groups is 1. The fourth-order valence-corrected chi connectivity index (χ4v) is 1.02. The molecule has 0 aliphatic heterocycles. The van der Waals surface area contributed by atoms with Gasteiger partial charge in [0, 0.05) is 19.0 Å². The molecule has 5 nitrogen and oxygen atoms in total. The van der Waals surface area contributed by atoms with Crippen molar-refractivity contribution < 1.29 is 9.32 Å². The van der Waals surface area contributed by atoms with E-state index < -0.39 is 0 Å². The number of rotatable bonds is 5. The lowest BCUT2D eigenvalue weighted by Crippen LogP contribution is -2.26. The van der Waals surface area contributed by atoms with E-state index in [1.165, 1.54) is 0 Å². The minimum absolute atomic E-state index is 0.0139. The van der Waals surface area contributed by atoms with Crippen LogP contribution in [0.3, 0.4) is 0 Å². The molecule has 0 aliphatic rings. The van der Waals surface area contributed by atoms with Gasteiger partial charge in [0.15, 0.2) is 0 Å². The third-order valence-electron chi connectivity index (χ3n) is 1.75. The molecular weight excluding hydrogens is 182 g/mol. The van der Waals surface area contributed by atoms with Gasteiger partial charge in [-0.1, -0.05) is 5.16 Å². The summed E-state index contributed by atoms with van der Waals surface area (Å²) in [7, 11) is 1.81. The van der Waals surface area contributed by atoms with Gasteiger partial charge in [-0.05, 0) is 14.0 Å². The highest BCUT2D eigenvalue weighted by Gasteiger charge is 2.03. The molecule has 2 N–H and O–H groups in total. The van der Waals surface area contributed by atoms with Gasteiger partial charge < -0.3 is 15.2 Å². The zero-order valence-corrected chi connectivity index (χ0v) is 8.46. The summed E-state index contributed by atoms with van der Waals surface area (Å²) in [5, 5.41) is 9.41. The fourth-order valence-electron chi connectivity index (χ4n) is 1.02. The van der Waals surface area contributed by atoms with Crippen LogP contribution in [0.1, 0.15) is 17.9 Å². The van der Waals surface area contributed by atoms with Crippen molar-refractivity contribution in [2.24, 2.45) is 0 Å². The van der Waals surface area contributed by atoms with Crippen LogP contribution in [0.4, 0.5) is 0 Å². The van der Waals surface area contributed by atoms with Gasteiger partial charge in [-0.3, -0.25) is 4.79 Å². The van der Waals surface area contributed by atoms with Crippen LogP contribution < -0.4 is 10.6 Å². The number of hydrogen-bond acceptors (Lipinski definition) is 4. The summed E-state index contributed by atoms with van der Waals surface area (Å²) in [5.41, 5.74) is 0.750. The summed E-state index contributed by atoms with van der Waals surface area (Å²) < 4.78 is 4.86. The molecule has 0 spiro atoms. The van der Waals surface area contributed by atoms with Gasteiger partial charge in [0.2, 0.25) is 5.91 Å². The third kappa shape index (κ3) is 3.57. The molecule has 1 heterocycles. The summed E-state index contributed by atoms with van der Waals surface area (Å²) in [5.74, 6) is 0.768. The van der Waals surface area contributed by atoms with E-state index in [1.54, 1.807) is 6.07 Å². The molecular formula is C9H15N3O2. The van der Waals surface area contributed by atoms with Crippen LogP contribution in [-0.2, 0) is 11.3 Å². The maximum absolute atomic E-state index is 11.2. The summed E-state index contributed by atoms with van der Waals surface area (Å²) in [6.45, 7) is 2.93. The quantitative estimate of drug-likeness (QED) is 0.708. The van der Waals surface area contributed by atoms with E-state index >= 15 is 0 Å². The molecule has 0 bridgehead atoms. The Kier molecular flexibility index (Phi) is 4.12. The second-order valence-electron chi connectivity index (χ2n) is 3.06. The number of hydrogen-bond donors (Lipinski definition) is 2. The van der Waals surface area contributed by atoms with Crippen LogP contribution in [0.25, 0.3) is 0 Å². The molecule has 0 saturated carbocycles. The van der Waals surface area contributed by atoms with Crippen LogP contribution in [-0.4, -0.2) is 24.7 Å². The lowest BCUT2D eigenvalue weighted by atomic mass is 10.3. The van der Waals surface area contributed by atoms with Gasteiger partial charge >= 0.3 is 0 Å². The Morgan fingerprint density at radius 3 is 3.00 bits per heavy atom. The Hall–Kier alpha value is -1.36. The van der Waals surface area contributed by atoms with Crippen LogP contribution in [0.5, 0.6) is 0 Å². The average molecular weight is 197 g/mol. The maximum atomic E-state index is 11.2. The van der Waals surface area contributed by atoms with Crippen molar-refractivity contribution in [3.05, 3.63) is 17.5 Å². The van der Waals surface area contributed by atoms with E-state index in [9.17, 15) is 4.79 Å². The number of amides is 1. The fraction of sp³-hybridized carbons (Fsp3) is 0.556. The Morgan fingerprint density at radius 1 is 1.64 bits per heavy atom. The number of nitrogens with one attached hydrogen (secondary N) is 2. The molecule has 1 aromatic rings. The van der Waals surface area contributed by atoms with Crippen molar-refractivity contribution in [2.75, 3.05) is 13.6 Å². The predicted octanol–water partition coefficient (Wildman–Crippen LogP) is 0.209. The van der Waals surface area contributed by atoms with Gasteiger partial charge in [-0.2, -0.15) is 0 Å². The summed E-state index contributed by atoms with van der Waals surface area (Å²) in [6.07, 6.45) is 0.479. The molecule has 0 atom stereocenters. The minimum atomic E-state index is 0.0139. The highest BCUT2D eigenvalue weighted by Crippen LogP contribution is 2.00. The smallest absolute Gasteiger partial charge is 0.221 e. The predicted molar refractivity (Wildman–Crippen MR) is 51.6 cm³/mol. The van der Waals surface area contributed by atoms with E-state index in [2.05, 4.69) is 15.8 Å². The average Bonchev–Trinajstić information content (AvgIpc) is 2.58. The van der Waals surface area contributed by atoms with Crippen LogP contribution in [0.15, 0.2) is 10.6 Å². The number of aromatic nitrogens is 1. The van der Waals surface area contributed by atoms with Gasteiger partial charge in [0.25, 0.3) is 0 Å². The van der Waals surface area contributed by atoms with E-state index in [0.717, 1.165) is 11.5 Å². The van der Waals surface area contributed by atoms with Gasteiger partial charge in [-0.15, -0.1) is 0 Å². The van der Waals surface area contributed by atoms with Crippen molar-refractivity contribution in [3.8, 4) is 0 Å². The molecule has 78 valence electrons. The van der Waals surface area contributed by atoms with E-state index in [-0.39, 0.29) is 5.91 Å². The van der Waals surface area contributed by atoms with Crippen LogP contribution in [0, 0.1) is 6.92 Å². The Bertz CT molecular complexity index is 296. The molecule has 0 aromatic carbocycles. The van der Waals surface area contributed by atoms with Gasteiger partial charge in [0.05, 0.1) is 6.54 Å². The first kappa shape index (κ1) is 10.7. The monoisotopic (exact) mass is 197 g/mol. The number of aryl methyl sites for hydroxylation is 1. The second kappa shape index (κ2) is 5.39. The zero-order valence-electron chi connectivity index (χ0n) is 8.46. The van der Waals surface area contributed by atoms with Crippen molar-refractivity contribution in [2.45, 2.75) is 19.9 Å². The molecule has 14 heavy (non-hydrogen) atoms. The zero-order chi connectivity index (χ0) is 10.4. The first-order chi connectivity index (χ1) is 6.72. The van der Waals surface area contributed by atoms with E-state index in [0.29, 0.717) is 19.5 Å². The molecule has 5 heteroatoms. The molecule has 0 aliphatic carbocycles. The second-order valence-corrected chi connectivity index (χ2v) is 3.06. The van der Waals surface area contributed by atoms with Crippen molar-refractivity contribution in [1.29, 1.82) is 0 Å². The van der Waals surface area contributed by atoms with Gasteiger partial charge in [0.1, 0.15) is 11.5 Å². The molecule has 0 saturated heterocycles. The maximum Gasteiger partial charge on any atom is 0.221 e. The Morgan fingerprint density at radius 2 is 2.43 bits per heavy atom. The van der Waals surface area contributed by atoms with Crippen molar-refractivity contribution in [3.63, 3.8) is 0 Å². The molecule has 0 radical (unpaired) electrons. The van der Waals surface area contributed by atoms with Crippen LogP contribution in [0.2, 0.25) is 0 Å². The van der Waals surface area contributed by atoms with Gasteiger partial charge in [-0.25, -0.2) is 0 Å². The number of nitrogens with zero attached hydrogens (tertiary/aromatic N) is 1. The standard InChI is InChI=1S/C9H15N3O2/c1-7-5-8(12-14-7)6-11-9(13)3-4-10-2/h5,10H,3-4,6H2,1-2H3,(H,11,13). The number of carbonyl (C=O) groups excluding carboxylic acids is 1. The lowest BCUT2D eigenvalue weighted by molar-refractivity contribution is -0.121. The van der Waals surface area contributed by atoms with E-state index in [1.807, 2.05) is 14.0 Å². The topological polar surface area (TPSA) is 67.2 Å². The summed E-state index contributed by atoms with van der Waals surface area (Å²) >= 11 is 0.